The second kappa shape index (κ2) is 7.46. The molecule has 0 bridgehead atoms. The van der Waals surface area contributed by atoms with Gasteiger partial charge in [0, 0.05) is 21.1 Å². The van der Waals surface area contributed by atoms with Crippen molar-refractivity contribution in [3.8, 4) is 0 Å². The highest BCUT2D eigenvalue weighted by molar-refractivity contribution is 9.10. The van der Waals surface area contributed by atoms with Gasteiger partial charge in [0.05, 0.1) is 0 Å². The van der Waals surface area contributed by atoms with E-state index in [1.165, 1.54) is 5.56 Å². The number of hydrogen-bond donors (Lipinski definition) is 1. The van der Waals surface area contributed by atoms with Crippen molar-refractivity contribution in [2.75, 3.05) is 6.61 Å². The molecule has 4 heteroatoms. The summed E-state index contributed by atoms with van der Waals surface area (Å²) in [6, 6.07) is 13.6. The van der Waals surface area contributed by atoms with Crippen LogP contribution in [0.2, 0.25) is 10.0 Å². The number of aliphatic hydroxyl groups excluding tert-OH is 1. The third-order valence-corrected chi connectivity index (χ3v) is 4.34. The highest BCUT2D eigenvalue weighted by atomic mass is 79.9. The third kappa shape index (κ3) is 4.49. The quantitative estimate of drug-likeness (QED) is 0.768. The molecule has 0 amide bonds. The monoisotopic (exact) mass is 372 g/mol. The van der Waals surface area contributed by atoms with Gasteiger partial charge in [-0.25, -0.2) is 0 Å². The van der Waals surface area contributed by atoms with Gasteiger partial charge in [0.15, 0.2) is 0 Å². The Morgan fingerprint density at radius 2 is 1.70 bits per heavy atom. The summed E-state index contributed by atoms with van der Waals surface area (Å²) in [6.07, 6.45) is 1.53. The van der Waals surface area contributed by atoms with Crippen molar-refractivity contribution < 1.29 is 5.11 Å². The summed E-state index contributed by atoms with van der Waals surface area (Å²) in [7, 11) is 0. The Bertz CT molecular complexity index is 569. The van der Waals surface area contributed by atoms with Crippen LogP contribution in [0.1, 0.15) is 11.1 Å². The molecule has 0 spiro atoms. The summed E-state index contributed by atoms with van der Waals surface area (Å²) in [4.78, 5) is 0. The lowest BCUT2D eigenvalue weighted by atomic mass is 9.93. The molecule has 0 aliphatic rings. The zero-order chi connectivity index (χ0) is 14.5. The lowest BCUT2D eigenvalue weighted by molar-refractivity contribution is 0.225. The van der Waals surface area contributed by atoms with E-state index in [0.29, 0.717) is 16.5 Å². The van der Waals surface area contributed by atoms with E-state index in [0.717, 1.165) is 16.5 Å². The largest absolute Gasteiger partial charge is 0.396 e. The Hall–Kier alpha value is -0.540. The predicted molar refractivity (Wildman–Crippen MR) is 88.6 cm³/mol. The smallest absolute Gasteiger partial charge is 0.0465 e. The van der Waals surface area contributed by atoms with Gasteiger partial charge in [-0.05, 0) is 60.2 Å². The number of aliphatic hydroxyl groups is 1. The van der Waals surface area contributed by atoms with Gasteiger partial charge in [-0.3, -0.25) is 0 Å². The maximum Gasteiger partial charge on any atom is 0.0465 e. The van der Waals surface area contributed by atoms with Crippen molar-refractivity contribution in [3.63, 3.8) is 0 Å². The molecule has 20 heavy (non-hydrogen) atoms. The van der Waals surface area contributed by atoms with Crippen LogP contribution in [0.5, 0.6) is 0 Å². The van der Waals surface area contributed by atoms with Gasteiger partial charge in [0.1, 0.15) is 0 Å². The fourth-order valence-electron chi connectivity index (χ4n) is 2.17. The molecule has 1 N–H and O–H groups in total. The van der Waals surface area contributed by atoms with Gasteiger partial charge in [0.25, 0.3) is 0 Å². The van der Waals surface area contributed by atoms with Crippen LogP contribution in [0.25, 0.3) is 0 Å². The van der Waals surface area contributed by atoms with Crippen molar-refractivity contribution in [1.82, 2.24) is 0 Å². The second-order valence-corrected chi connectivity index (χ2v) is 6.58. The first kappa shape index (κ1) is 15.8. The van der Waals surface area contributed by atoms with E-state index in [-0.39, 0.29) is 12.5 Å². The molecule has 2 aromatic carbocycles. The minimum absolute atomic E-state index is 0.124. The van der Waals surface area contributed by atoms with E-state index < -0.39 is 0 Å². The van der Waals surface area contributed by atoms with E-state index in [9.17, 15) is 5.11 Å². The number of halogens is 3. The van der Waals surface area contributed by atoms with Crippen molar-refractivity contribution in [1.29, 1.82) is 0 Å². The van der Waals surface area contributed by atoms with Gasteiger partial charge in [-0.1, -0.05) is 51.3 Å². The predicted octanol–water partition coefficient (Wildman–Crippen LogP) is 5.15. The molecule has 1 atom stereocenters. The molecule has 0 aliphatic carbocycles. The van der Waals surface area contributed by atoms with Crippen molar-refractivity contribution in [3.05, 3.63) is 68.1 Å². The van der Waals surface area contributed by atoms with E-state index in [1.807, 2.05) is 18.2 Å². The molecule has 0 saturated carbocycles. The number of hydrogen-bond acceptors (Lipinski definition) is 1. The third-order valence-electron chi connectivity index (χ3n) is 3.21. The minimum Gasteiger partial charge on any atom is -0.396 e. The molecule has 0 aliphatic heterocycles. The molecule has 2 aromatic rings. The van der Waals surface area contributed by atoms with Gasteiger partial charge in [0.2, 0.25) is 0 Å². The second-order valence-electron chi connectivity index (χ2n) is 4.82. The van der Waals surface area contributed by atoms with Gasteiger partial charge < -0.3 is 5.11 Å². The Kier molecular flexibility index (Phi) is 5.91. The summed E-state index contributed by atoms with van der Waals surface area (Å²) in [5.41, 5.74) is 2.18. The highest BCUT2D eigenvalue weighted by Crippen LogP contribution is 2.25. The average molecular weight is 374 g/mol. The maximum absolute atomic E-state index is 9.58. The summed E-state index contributed by atoms with van der Waals surface area (Å²) in [5.74, 6) is 0.132. The van der Waals surface area contributed by atoms with Gasteiger partial charge in [-0.15, -0.1) is 0 Å². The van der Waals surface area contributed by atoms with E-state index in [4.69, 9.17) is 23.2 Å². The molecule has 0 saturated heterocycles. The molecule has 2 rings (SSSR count). The molecular weight excluding hydrogens is 359 g/mol. The summed E-state index contributed by atoms with van der Waals surface area (Å²) in [6.45, 7) is 0.124. The van der Waals surface area contributed by atoms with Gasteiger partial charge >= 0.3 is 0 Å². The minimum atomic E-state index is 0.124. The topological polar surface area (TPSA) is 20.2 Å². The Labute approximate surface area is 137 Å². The Morgan fingerprint density at radius 3 is 2.35 bits per heavy atom. The highest BCUT2D eigenvalue weighted by Gasteiger charge is 2.12. The summed E-state index contributed by atoms with van der Waals surface area (Å²) in [5, 5.41) is 10.9. The first-order valence-corrected chi connectivity index (χ1v) is 7.92. The lowest BCUT2D eigenvalue weighted by Gasteiger charge is -2.15. The van der Waals surface area contributed by atoms with Crippen LogP contribution in [0.3, 0.4) is 0 Å². The molecule has 0 radical (unpaired) electrons. The number of benzene rings is 2. The van der Waals surface area contributed by atoms with Crippen LogP contribution in [0, 0.1) is 5.92 Å². The maximum atomic E-state index is 9.58. The number of rotatable bonds is 5. The average Bonchev–Trinajstić information content (AvgIpc) is 2.44. The van der Waals surface area contributed by atoms with Gasteiger partial charge in [-0.2, -0.15) is 0 Å². The Balaban J connectivity index is 2.08. The zero-order valence-electron chi connectivity index (χ0n) is 10.8. The van der Waals surface area contributed by atoms with Crippen LogP contribution < -0.4 is 0 Å². The molecule has 0 heterocycles. The molecule has 106 valence electrons. The van der Waals surface area contributed by atoms with Crippen molar-refractivity contribution in [2.24, 2.45) is 5.92 Å². The van der Waals surface area contributed by atoms with E-state index in [1.54, 1.807) is 12.1 Å². The molecule has 0 fully saturated rings. The summed E-state index contributed by atoms with van der Waals surface area (Å²) < 4.78 is 1.06. The van der Waals surface area contributed by atoms with Crippen LogP contribution in [-0.2, 0) is 12.8 Å². The lowest BCUT2D eigenvalue weighted by Crippen LogP contribution is -2.13. The van der Waals surface area contributed by atoms with E-state index in [2.05, 4.69) is 28.1 Å². The Morgan fingerprint density at radius 1 is 1.00 bits per heavy atom. The van der Waals surface area contributed by atoms with Crippen molar-refractivity contribution in [2.45, 2.75) is 12.8 Å². The molecule has 0 aromatic heterocycles. The molecule has 1 unspecified atom stereocenters. The normalized spacial score (nSPS) is 12.4. The van der Waals surface area contributed by atoms with Crippen LogP contribution in [0.4, 0.5) is 0 Å². The fourth-order valence-corrected chi connectivity index (χ4v) is 2.82. The SMILES string of the molecule is OCC(Cc1ccc(Br)cc1)Cc1cc(Cl)ccc1Cl. The summed E-state index contributed by atoms with van der Waals surface area (Å²) >= 11 is 15.6. The van der Waals surface area contributed by atoms with Crippen LogP contribution >= 0.6 is 39.1 Å². The first-order valence-electron chi connectivity index (χ1n) is 6.37. The van der Waals surface area contributed by atoms with E-state index >= 15 is 0 Å². The molecule has 1 nitrogen and oxygen atoms in total. The van der Waals surface area contributed by atoms with Crippen LogP contribution in [0.15, 0.2) is 46.9 Å². The van der Waals surface area contributed by atoms with Crippen molar-refractivity contribution >= 4 is 39.1 Å². The standard InChI is InChI=1S/C16H15BrCl2O/c17-14-3-1-11(2-4-14)7-12(10-20)8-13-9-15(18)5-6-16(13)19/h1-6,9,12,20H,7-8,10H2. The van der Waals surface area contributed by atoms with Crippen LogP contribution in [-0.4, -0.2) is 11.7 Å². The molecular formula is C16H15BrCl2O. The fraction of sp³-hybridized carbons (Fsp3) is 0.250. The first-order chi connectivity index (χ1) is 9.58. The zero-order valence-corrected chi connectivity index (χ0v) is 13.9.